The predicted molar refractivity (Wildman–Crippen MR) is 69.1 cm³/mol. The Kier molecular flexibility index (Phi) is 5.10. The second-order valence-corrected chi connectivity index (χ2v) is 4.71. The maximum absolute atomic E-state index is 10.9. The summed E-state index contributed by atoms with van der Waals surface area (Å²) in [7, 11) is 1.90. The van der Waals surface area contributed by atoms with Gasteiger partial charge in [0, 0.05) is 17.7 Å². The molecule has 0 fully saturated rings. The summed E-state index contributed by atoms with van der Waals surface area (Å²) < 4.78 is 0. The van der Waals surface area contributed by atoms with Crippen molar-refractivity contribution in [3.05, 3.63) is 39.9 Å². The number of nitrogens with one attached hydrogen (secondary N) is 1. The molecule has 0 bridgehead atoms. The maximum atomic E-state index is 10.9. The first-order valence-corrected chi connectivity index (χ1v) is 5.94. The van der Waals surface area contributed by atoms with Crippen LogP contribution in [0, 0.1) is 16.0 Å². The fraction of sp³-hybridized carbons (Fsp3) is 0.538. The smallest absolute Gasteiger partial charge is 0.272 e. The van der Waals surface area contributed by atoms with Crippen LogP contribution in [0.1, 0.15) is 25.8 Å². The first-order valence-electron chi connectivity index (χ1n) is 5.94. The number of hydrogen-bond donors (Lipinski definition) is 1. The van der Waals surface area contributed by atoms with Gasteiger partial charge in [-0.2, -0.15) is 0 Å². The molecule has 94 valence electrons. The number of hydrogen-bond acceptors (Lipinski definition) is 3. The molecule has 0 amide bonds. The van der Waals surface area contributed by atoms with E-state index < -0.39 is 0 Å². The van der Waals surface area contributed by atoms with Gasteiger partial charge in [-0.1, -0.05) is 32.0 Å². The van der Waals surface area contributed by atoms with Crippen LogP contribution in [-0.4, -0.2) is 18.0 Å². The van der Waals surface area contributed by atoms with E-state index in [1.807, 2.05) is 19.2 Å². The lowest BCUT2D eigenvalue weighted by Gasteiger charge is -2.18. The molecule has 4 nitrogen and oxygen atoms in total. The Morgan fingerprint density at radius 2 is 2.00 bits per heavy atom. The molecule has 0 saturated heterocycles. The summed E-state index contributed by atoms with van der Waals surface area (Å²) in [5.41, 5.74) is 1.02. The Hall–Kier alpha value is -1.42. The first-order chi connectivity index (χ1) is 8.04. The molecule has 1 unspecified atom stereocenters. The van der Waals surface area contributed by atoms with Crippen LogP contribution in [0.25, 0.3) is 0 Å². The molecule has 0 radical (unpaired) electrons. The van der Waals surface area contributed by atoms with Crippen LogP contribution in [-0.2, 0) is 6.42 Å². The van der Waals surface area contributed by atoms with E-state index in [0.29, 0.717) is 12.3 Å². The second-order valence-electron chi connectivity index (χ2n) is 4.71. The number of rotatable bonds is 6. The quantitative estimate of drug-likeness (QED) is 0.610. The van der Waals surface area contributed by atoms with Gasteiger partial charge in [-0.15, -0.1) is 0 Å². The van der Waals surface area contributed by atoms with Crippen LogP contribution < -0.4 is 5.32 Å². The van der Waals surface area contributed by atoms with Gasteiger partial charge in [0.1, 0.15) is 0 Å². The molecule has 1 rings (SSSR count). The lowest BCUT2D eigenvalue weighted by Crippen LogP contribution is -2.29. The van der Waals surface area contributed by atoms with Crippen molar-refractivity contribution in [2.75, 3.05) is 7.05 Å². The Morgan fingerprint density at radius 3 is 2.53 bits per heavy atom. The molecule has 1 aromatic carbocycles. The van der Waals surface area contributed by atoms with Crippen molar-refractivity contribution in [2.24, 2.45) is 5.92 Å². The minimum Gasteiger partial charge on any atom is -0.317 e. The summed E-state index contributed by atoms with van der Waals surface area (Å²) in [5.74, 6) is 0.579. The van der Waals surface area contributed by atoms with Crippen LogP contribution in [0.3, 0.4) is 0 Å². The van der Waals surface area contributed by atoms with Crippen LogP contribution in [0.15, 0.2) is 24.3 Å². The van der Waals surface area contributed by atoms with E-state index in [1.54, 1.807) is 12.1 Å². The minimum absolute atomic E-state index is 0.219. The van der Waals surface area contributed by atoms with E-state index >= 15 is 0 Å². The lowest BCUT2D eigenvalue weighted by molar-refractivity contribution is -0.385. The number of likely N-dealkylation sites (N-methyl/N-ethyl adjacent to an activating group) is 1. The fourth-order valence-corrected chi connectivity index (χ4v) is 2.00. The molecular formula is C13H20N2O2. The van der Waals surface area contributed by atoms with Gasteiger partial charge in [-0.05, 0) is 25.8 Å². The van der Waals surface area contributed by atoms with Gasteiger partial charge in [-0.3, -0.25) is 10.1 Å². The fourth-order valence-electron chi connectivity index (χ4n) is 2.00. The second kappa shape index (κ2) is 6.35. The number of benzene rings is 1. The summed E-state index contributed by atoms with van der Waals surface area (Å²) in [6.07, 6.45) is 1.72. The molecule has 1 N–H and O–H groups in total. The standard InChI is InChI=1S/C13H20N2O2/c1-10(2)8-12(14-3)9-11-6-4-5-7-13(11)15(16)17/h4-7,10,12,14H,8-9H2,1-3H3. The van der Waals surface area contributed by atoms with Gasteiger partial charge in [-0.25, -0.2) is 0 Å². The normalized spacial score (nSPS) is 12.7. The Morgan fingerprint density at radius 1 is 1.35 bits per heavy atom. The van der Waals surface area contributed by atoms with E-state index in [4.69, 9.17) is 0 Å². The SMILES string of the molecule is CNC(Cc1ccccc1[N+](=O)[O-])CC(C)C. The summed E-state index contributed by atoms with van der Waals surface area (Å²) in [4.78, 5) is 10.6. The molecule has 1 aromatic rings. The highest BCUT2D eigenvalue weighted by Gasteiger charge is 2.17. The minimum atomic E-state index is -0.308. The molecule has 0 saturated carbocycles. The van der Waals surface area contributed by atoms with Crippen molar-refractivity contribution >= 4 is 5.69 Å². The van der Waals surface area contributed by atoms with Gasteiger partial charge in [0.2, 0.25) is 0 Å². The number of nitro benzene ring substituents is 1. The Balaban J connectivity index is 2.82. The third-order valence-electron chi connectivity index (χ3n) is 2.82. The number of nitrogens with zero attached hydrogens (tertiary/aromatic N) is 1. The molecule has 1 atom stereocenters. The van der Waals surface area contributed by atoms with Crippen molar-refractivity contribution in [1.29, 1.82) is 0 Å². The average molecular weight is 236 g/mol. The zero-order chi connectivity index (χ0) is 12.8. The highest BCUT2D eigenvalue weighted by Crippen LogP contribution is 2.20. The van der Waals surface area contributed by atoms with Crippen molar-refractivity contribution in [1.82, 2.24) is 5.32 Å². The topological polar surface area (TPSA) is 55.2 Å². The highest BCUT2D eigenvalue weighted by molar-refractivity contribution is 5.40. The van der Waals surface area contributed by atoms with Gasteiger partial charge >= 0.3 is 0 Å². The zero-order valence-corrected chi connectivity index (χ0v) is 10.6. The average Bonchev–Trinajstić information content (AvgIpc) is 2.28. The van der Waals surface area contributed by atoms with Crippen molar-refractivity contribution in [3.8, 4) is 0 Å². The molecule has 0 aliphatic rings. The van der Waals surface area contributed by atoms with Crippen molar-refractivity contribution < 1.29 is 4.92 Å². The number of nitro groups is 1. The van der Waals surface area contributed by atoms with E-state index in [-0.39, 0.29) is 16.7 Å². The van der Waals surface area contributed by atoms with E-state index in [9.17, 15) is 10.1 Å². The number of para-hydroxylation sites is 1. The first kappa shape index (κ1) is 13.6. The van der Waals surface area contributed by atoms with Gasteiger partial charge < -0.3 is 5.32 Å². The van der Waals surface area contributed by atoms with Gasteiger partial charge in [0.05, 0.1) is 4.92 Å². The third kappa shape index (κ3) is 4.15. The summed E-state index contributed by atoms with van der Waals surface area (Å²) >= 11 is 0. The van der Waals surface area contributed by atoms with Crippen LogP contribution in [0.4, 0.5) is 5.69 Å². The summed E-state index contributed by atoms with van der Waals surface area (Å²) in [6, 6.07) is 7.25. The summed E-state index contributed by atoms with van der Waals surface area (Å²) in [6.45, 7) is 4.31. The maximum Gasteiger partial charge on any atom is 0.272 e. The van der Waals surface area contributed by atoms with Gasteiger partial charge in [0.15, 0.2) is 0 Å². The van der Waals surface area contributed by atoms with Crippen LogP contribution in [0.5, 0.6) is 0 Å². The lowest BCUT2D eigenvalue weighted by atomic mass is 9.96. The molecule has 0 spiro atoms. The molecule has 17 heavy (non-hydrogen) atoms. The third-order valence-corrected chi connectivity index (χ3v) is 2.82. The Bertz CT molecular complexity index is 377. The van der Waals surface area contributed by atoms with E-state index in [1.165, 1.54) is 0 Å². The molecule has 0 aliphatic heterocycles. The van der Waals surface area contributed by atoms with Gasteiger partial charge in [0.25, 0.3) is 5.69 Å². The molecular weight excluding hydrogens is 216 g/mol. The van der Waals surface area contributed by atoms with Crippen molar-refractivity contribution in [3.63, 3.8) is 0 Å². The zero-order valence-electron chi connectivity index (χ0n) is 10.6. The van der Waals surface area contributed by atoms with Crippen LogP contribution in [0.2, 0.25) is 0 Å². The molecule has 4 heteroatoms. The molecule has 0 aliphatic carbocycles. The summed E-state index contributed by atoms with van der Waals surface area (Å²) in [5, 5.41) is 14.1. The molecule has 0 heterocycles. The van der Waals surface area contributed by atoms with E-state index in [0.717, 1.165) is 12.0 Å². The van der Waals surface area contributed by atoms with Crippen LogP contribution >= 0.6 is 0 Å². The Labute approximate surface area is 102 Å². The molecule has 0 aromatic heterocycles. The largest absolute Gasteiger partial charge is 0.317 e. The predicted octanol–water partition coefficient (Wildman–Crippen LogP) is 2.77. The van der Waals surface area contributed by atoms with Crippen molar-refractivity contribution in [2.45, 2.75) is 32.7 Å². The monoisotopic (exact) mass is 236 g/mol. The highest BCUT2D eigenvalue weighted by atomic mass is 16.6. The van der Waals surface area contributed by atoms with E-state index in [2.05, 4.69) is 19.2 Å².